The highest BCUT2D eigenvalue weighted by Crippen LogP contribution is 2.28. The van der Waals surface area contributed by atoms with Gasteiger partial charge in [0, 0.05) is 12.2 Å². The van der Waals surface area contributed by atoms with Crippen molar-refractivity contribution in [3.8, 4) is 5.75 Å². The molecule has 0 aromatic heterocycles. The summed E-state index contributed by atoms with van der Waals surface area (Å²) in [7, 11) is -2.55. The SMILES string of the molecule is CCc1ccc(NC(=O)CN(CCc2ccccc2)S(=O)(=O)c2cc(C)ccc2OC)cc1. The number of sulfonamides is 1. The molecule has 0 bridgehead atoms. The number of rotatable bonds is 10. The summed E-state index contributed by atoms with van der Waals surface area (Å²) in [6.45, 7) is 3.73. The summed E-state index contributed by atoms with van der Waals surface area (Å²) in [5, 5.41) is 2.81. The highest BCUT2D eigenvalue weighted by molar-refractivity contribution is 7.89. The summed E-state index contributed by atoms with van der Waals surface area (Å²) < 4.78 is 33.8. The lowest BCUT2D eigenvalue weighted by Gasteiger charge is -2.23. The van der Waals surface area contributed by atoms with Gasteiger partial charge in [0.15, 0.2) is 0 Å². The second-order valence-corrected chi connectivity index (χ2v) is 9.73. The Bertz CT molecular complexity index is 1180. The minimum Gasteiger partial charge on any atom is -0.495 e. The normalized spacial score (nSPS) is 11.4. The number of amides is 1. The predicted molar refractivity (Wildman–Crippen MR) is 131 cm³/mol. The molecule has 0 aliphatic heterocycles. The lowest BCUT2D eigenvalue weighted by atomic mass is 10.1. The molecule has 0 saturated heterocycles. The molecule has 6 nitrogen and oxygen atoms in total. The fraction of sp³-hybridized carbons (Fsp3) is 0.269. The Morgan fingerprint density at radius 1 is 0.970 bits per heavy atom. The first-order valence-corrected chi connectivity index (χ1v) is 12.3. The number of carbonyl (C=O) groups is 1. The van der Waals surface area contributed by atoms with Gasteiger partial charge in [-0.05, 0) is 60.7 Å². The molecule has 0 heterocycles. The van der Waals surface area contributed by atoms with Gasteiger partial charge in [-0.3, -0.25) is 4.79 Å². The summed E-state index contributed by atoms with van der Waals surface area (Å²) in [4.78, 5) is 12.9. The molecule has 0 radical (unpaired) electrons. The van der Waals surface area contributed by atoms with Crippen LogP contribution in [-0.4, -0.2) is 38.8 Å². The Morgan fingerprint density at radius 3 is 2.30 bits per heavy atom. The zero-order chi connectivity index (χ0) is 23.8. The van der Waals surface area contributed by atoms with Gasteiger partial charge in [-0.1, -0.05) is 55.5 Å². The Kier molecular flexibility index (Phi) is 8.25. The Labute approximate surface area is 196 Å². The van der Waals surface area contributed by atoms with E-state index in [1.807, 2.05) is 61.5 Å². The number of hydrogen-bond acceptors (Lipinski definition) is 4. The number of nitrogens with zero attached hydrogens (tertiary/aromatic N) is 1. The van der Waals surface area contributed by atoms with Crippen LogP contribution >= 0.6 is 0 Å². The standard InChI is InChI=1S/C26H30N2O4S/c1-4-21-11-13-23(14-12-21)27-26(29)19-28(17-16-22-8-6-5-7-9-22)33(30,31)25-18-20(2)10-15-24(25)32-3/h5-15,18H,4,16-17,19H2,1-3H3,(H,27,29). The highest BCUT2D eigenvalue weighted by atomic mass is 32.2. The Balaban J connectivity index is 1.86. The molecule has 0 saturated carbocycles. The summed E-state index contributed by atoms with van der Waals surface area (Å²) >= 11 is 0. The Hall–Kier alpha value is -3.16. The number of anilines is 1. The molecule has 0 aliphatic rings. The molecule has 3 aromatic rings. The van der Waals surface area contributed by atoms with Crippen molar-refractivity contribution >= 4 is 21.6 Å². The number of hydrogen-bond donors (Lipinski definition) is 1. The van der Waals surface area contributed by atoms with Crippen LogP contribution in [0.2, 0.25) is 0 Å². The molecule has 0 unspecified atom stereocenters. The van der Waals surface area contributed by atoms with Gasteiger partial charge in [0.05, 0.1) is 13.7 Å². The highest BCUT2D eigenvalue weighted by Gasteiger charge is 2.29. The first-order chi connectivity index (χ1) is 15.8. The van der Waals surface area contributed by atoms with Crippen molar-refractivity contribution in [2.45, 2.75) is 31.6 Å². The number of aryl methyl sites for hydroxylation is 2. The van der Waals surface area contributed by atoms with E-state index >= 15 is 0 Å². The van der Waals surface area contributed by atoms with Gasteiger partial charge in [0.1, 0.15) is 10.6 Å². The van der Waals surface area contributed by atoms with Crippen LogP contribution in [0, 0.1) is 6.92 Å². The zero-order valence-corrected chi connectivity index (χ0v) is 20.1. The topological polar surface area (TPSA) is 75.7 Å². The zero-order valence-electron chi connectivity index (χ0n) is 19.2. The van der Waals surface area contributed by atoms with Crippen LogP contribution in [0.4, 0.5) is 5.69 Å². The molecule has 1 N–H and O–H groups in total. The average Bonchev–Trinajstić information content (AvgIpc) is 2.82. The molecule has 1 amide bonds. The lowest BCUT2D eigenvalue weighted by molar-refractivity contribution is -0.116. The quantitative estimate of drug-likeness (QED) is 0.479. The molecule has 174 valence electrons. The monoisotopic (exact) mass is 466 g/mol. The second kappa shape index (κ2) is 11.1. The van der Waals surface area contributed by atoms with E-state index in [1.165, 1.54) is 11.4 Å². The third-order valence-corrected chi connectivity index (χ3v) is 7.26. The molecule has 0 spiro atoms. The molecule has 7 heteroatoms. The number of carbonyl (C=O) groups excluding carboxylic acids is 1. The predicted octanol–water partition coefficient (Wildman–Crippen LogP) is 4.44. The molecule has 0 aliphatic carbocycles. The van der Waals surface area contributed by atoms with E-state index in [9.17, 15) is 13.2 Å². The first kappa shape index (κ1) is 24.5. The third kappa shape index (κ3) is 6.43. The maximum Gasteiger partial charge on any atom is 0.247 e. The second-order valence-electron chi connectivity index (χ2n) is 7.83. The summed E-state index contributed by atoms with van der Waals surface area (Å²) in [5.41, 5.74) is 3.57. The summed E-state index contributed by atoms with van der Waals surface area (Å²) in [6, 6.07) is 22.1. The van der Waals surface area contributed by atoms with E-state index in [0.717, 1.165) is 23.1 Å². The third-order valence-electron chi connectivity index (χ3n) is 5.40. The van der Waals surface area contributed by atoms with E-state index in [0.29, 0.717) is 12.1 Å². The van der Waals surface area contributed by atoms with Crippen molar-refractivity contribution in [1.82, 2.24) is 4.31 Å². The fourth-order valence-electron chi connectivity index (χ4n) is 3.49. The first-order valence-electron chi connectivity index (χ1n) is 10.9. The maximum absolute atomic E-state index is 13.6. The van der Waals surface area contributed by atoms with Crippen LogP contribution in [0.5, 0.6) is 5.75 Å². The van der Waals surface area contributed by atoms with Crippen LogP contribution in [0.1, 0.15) is 23.6 Å². The van der Waals surface area contributed by atoms with Crippen LogP contribution in [-0.2, 0) is 27.7 Å². The van der Waals surface area contributed by atoms with Crippen molar-refractivity contribution in [2.75, 3.05) is 25.5 Å². The van der Waals surface area contributed by atoms with Gasteiger partial charge in [0.25, 0.3) is 0 Å². The van der Waals surface area contributed by atoms with Gasteiger partial charge in [-0.15, -0.1) is 0 Å². The van der Waals surface area contributed by atoms with Gasteiger partial charge >= 0.3 is 0 Å². The van der Waals surface area contributed by atoms with E-state index < -0.39 is 15.9 Å². The van der Waals surface area contributed by atoms with Crippen molar-refractivity contribution < 1.29 is 17.9 Å². The van der Waals surface area contributed by atoms with Crippen molar-refractivity contribution in [3.05, 3.63) is 89.5 Å². The van der Waals surface area contributed by atoms with Gasteiger partial charge in [-0.2, -0.15) is 4.31 Å². The summed E-state index contributed by atoms with van der Waals surface area (Å²) in [5.74, 6) is -0.150. The average molecular weight is 467 g/mol. The smallest absolute Gasteiger partial charge is 0.247 e. The molecule has 3 aromatic carbocycles. The van der Waals surface area contributed by atoms with E-state index in [2.05, 4.69) is 12.2 Å². The summed E-state index contributed by atoms with van der Waals surface area (Å²) in [6.07, 6.45) is 1.38. The van der Waals surface area contributed by atoms with Crippen LogP contribution in [0.3, 0.4) is 0 Å². The minimum absolute atomic E-state index is 0.0539. The molecule has 3 rings (SSSR count). The molecule has 0 fully saturated rings. The van der Waals surface area contributed by atoms with Gasteiger partial charge in [0.2, 0.25) is 15.9 Å². The lowest BCUT2D eigenvalue weighted by Crippen LogP contribution is -2.39. The van der Waals surface area contributed by atoms with Gasteiger partial charge in [-0.25, -0.2) is 8.42 Å². The van der Waals surface area contributed by atoms with Crippen molar-refractivity contribution in [2.24, 2.45) is 0 Å². The number of nitrogens with one attached hydrogen (secondary N) is 1. The fourth-order valence-corrected chi connectivity index (χ4v) is 5.13. The largest absolute Gasteiger partial charge is 0.495 e. The van der Waals surface area contributed by atoms with Crippen LogP contribution in [0.25, 0.3) is 0 Å². The number of ether oxygens (including phenoxy) is 1. The Morgan fingerprint density at radius 2 is 1.67 bits per heavy atom. The van der Waals surface area contributed by atoms with E-state index in [1.54, 1.807) is 18.2 Å². The van der Waals surface area contributed by atoms with Gasteiger partial charge < -0.3 is 10.1 Å². The maximum atomic E-state index is 13.6. The van der Waals surface area contributed by atoms with E-state index in [-0.39, 0.29) is 23.7 Å². The van der Waals surface area contributed by atoms with E-state index in [4.69, 9.17) is 4.74 Å². The minimum atomic E-state index is -3.99. The molecular formula is C26H30N2O4S. The van der Waals surface area contributed by atoms with Crippen LogP contribution in [0.15, 0.2) is 77.7 Å². The number of benzene rings is 3. The van der Waals surface area contributed by atoms with Crippen LogP contribution < -0.4 is 10.1 Å². The molecule has 0 atom stereocenters. The molecular weight excluding hydrogens is 436 g/mol. The molecule has 33 heavy (non-hydrogen) atoms. The van der Waals surface area contributed by atoms with Crippen molar-refractivity contribution in [1.29, 1.82) is 0 Å². The number of methoxy groups -OCH3 is 1. The van der Waals surface area contributed by atoms with Crippen molar-refractivity contribution in [3.63, 3.8) is 0 Å².